The number of nitrogens with zero attached hydrogens (tertiary/aromatic N) is 1. The molecule has 0 spiro atoms. The van der Waals surface area contributed by atoms with Gasteiger partial charge in [0, 0.05) is 22.7 Å². The van der Waals surface area contributed by atoms with Crippen LogP contribution in [0.3, 0.4) is 0 Å². The Hall–Kier alpha value is -5.10. The molecule has 0 atom stereocenters. The number of benzene rings is 4. The molecule has 5 rings (SSSR count). The van der Waals surface area contributed by atoms with Crippen LogP contribution >= 0.6 is 0 Å². The van der Waals surface area contributed by atoms with Gasteiger partial charge in [0.25, 0.3) is 0 Å². The molecule has 5 aromatic rings. The zero-order chi connectivity index (χ0) is 25.9. The zero-order valence-electron chi connectivity index (χ0n) is 20.0. The van der Waals surface area contributed by atoms with Gasteiger partial charge in [-0.15, -0.1) is 0 Å². The lowest BCUT2D eigenvalue weighted by molar-refractivity contribution is 0.0697. The number of phenols is 1. The summed E-state index contributed by atoms with van der Waals surface area (Å²) in [5.74, 6) is -1.15. The number of fused-ring (bicyclic) bond motifs is 1. The van der Waals surface area contributed by atoms with Gasteiger partial charge in [-0.2, -0.15) is 0 Å². The number of aromatic nitrogens is 1. The Labute approximate surface area is 213 Å². The number of nitrogens with one attached hydrogen (secondary N) is 1. The Bertz CT molecular complexity index is 1700. The second-order valence-electron chi connectivity index (χ2n) is 8.66. The molecule has 4 N–H and O–H groups in total. The van der Waals surface area contributed by atoms with E-state index in [2.05, 4.69) is 23.0 Å². The molecule has 0 unspecified atom stereocenters. The van der Waals surface area contributed by atoms with Crippen LogP contribution in [0.15, 0.2) is 89.9 Å². The first-order valence-electron chi connectivity index (χ1n) is 11.7. The number of carboxylic acid groups (broad SMARTS) is 1. The van der Waals surface area contributed by atoms with Crippen LogP contribution in [0.2, 0.25) is 0 Å². The molecule has 1 heterocycles. The number of para-hydroxylation sites is 1. The maximum absolute atomic E-state index is 11.4. The van der Waals surface area contributed by atoms with E-state index in [1.54, 1.807) is 30.3 Å². The van der Waals surface area contributed by atoms with E-state index in [9.17, 15) is 20.1 Å². The summed E-state index contributed by atoms with van der Waals surface area (Å²) < 4.78 is 0. The van der Waals surface area contributed by atoms with Gasteiger partial charge in [-0.1, -0.05) is 72.8 Å². The second kappa shape index (κ2) is 9.87. The van der Waals surface area contributed by atoms with Gasteiger partial charge < -0.3 is 20.3 Å². The number of phenolic OH excluding ortho intramolecular Hbond substituents is 1. The Balaban J connectivity index is 1.54. The third-order valence-corrected chi connectivity index (χ3v) is 6.27. The summed E-state index contributed by atoms with van der Waals surface area (Å²) in [6, 6.07) is 25.3. The fraction of sp³-hybridized carbons (Fsp3) is 0.0323. The Morgan fingerprint density at radius 2 is 1.59 bits per heavy atom. The van der Waals surface area contributed by atoms with Crippen LogP contribution in [0.25, 0.3) is 34.2 Å². The van der Waals surface area contributed by atoms with Crippen molar-refractivity contribution in [2.24, 2.45) is 4.99 Å². The standard InChI is InChI=1S/C31H24N2O4/c1-19-7-2-3-8-20(19)15-16-21-9-5-13-26-28(21)25(30(35)33-26)18-32-27-14-6-12-24(29(27)34)22-10-4-11-23(17-22)31(36)37/h2-18,33-35H,1H3,(H,36,37)/b16-15+,32-18?. The van der Waals surface area contributed by atoms with Gasteiger partial charge in [0.05, 0.1) is 11.1 Å². The number of aryl methyl sites for hydroxylation is 1. The number of hydrogen-bond donors (Lipinski definition) is 4. The molecule has 6 nitrogen and oxygen atoms in total. The predicted molar refractivity (Wildman–Crippen MR) is 148 cm³/mol. The highest BCUT2D eigenvalue weighted by molar-refractivity contribution is 6.07. The van der Waals surface area contributed by atoms with E-state index in [1.165, 1.54) is 18.3 Å². The zero-order valence-corrected chi connectivity index (χ0v) is 20.0. The van der Waals surface area contributed by atoms with Gasteiger partial charge >= 0.3 is 5.97 Å². The van der Waals surface area contributed by atoms with E-state index in [4.69, 9.17) is 0 Å². The minimum atomic E-state index is -1.04. The SMILES string of the molecule is Cc1ccccc1/C=C/c1cccc2[nH]c(O)c(C=Nc3cccc(-c4cccc(C(=O)O)c4)c3O)c12. The first-order valence-corrected chi connectivity index (χ1v) is 11.7. The molecule has 1 aromatic heterocycles. The summed E-state index contributed by atoms with van der Waals surface area (Å²) in [5.41, 5.74) is 5.86. The molecule has 0 aliphatic heterocycles. The highest BCUT2D eigenvalue weighted by Crippen LogP contribution is 2.38. The molecule has 0 bridgehead atoms. The number of H-pyrrole nitrogens is 1. The number of aromatic amines is 1. The molecule has 0 aliphatic rings. The Morgan fingerprint density at radius 3 is 2.41 bits per heavy atom. The van der Waals surface area contributed by atoms with Gasteiger partial charge in [0.1, 0.15) is 11.4 Å². The Kier molecular flexibility index (Phi) is 6.31. The summed E-state index contributed by atoms with van der Waals surface area (Å²) in [6.45, 7) is 2.05. The number of hydrogen-bond acceptors (Lipinski definition) is 4. The number of carbonyl (C=O) groups is 1. The number of rotatable bonds is 6. The van der Waals surface area contributed by atoms with Crippen LogP contribution in [0.5, 0.6) is 11.6 Å². The maximum Gasteiger partial charge on any atom is 0.335 e. The van der Waals surface area contributed by atoms with Crippen LogP contribution < -0.4 is 0 Å². The lowest BCUT2D eigenvalue weighted by Gasteiger charge is -2.08. The average molecular weight is 489 g/mol. The fourth-order valence-electron chi connectivity index (χ4n) is 4.33. The second-order valence-corrected chi connectivity index (χ2v) is 8.66. The van der Waals surface area contributed by atoms with Crippen LogP contribution in [-0.2, 0) is 0 Å². The summed E-state index contributed by atoms with van der Waals surface area (Å²) in [6.07, 6.45) is 5.56. The van der Waals surface area contributed by atoms with Crippen molar-refractivity contribution in [3.63, 3.8) is 0 Å². The number of aromatic hydroxyl groups is 2. The number of carboxylic acids is 1. The van der Waals surface area contributed by atoms with Gasteiger partial charge in [-0.05, 0) is 53.4 Å². The van der Waals surface area contributed by atoms with Gasteiger partial charge in [0.15, 0.2) is 5.88 Å². The molecule has 0 amide bonds. The molecule has 182 valence electrons. The smallest absolute Gasteiger partial charge is 0.335 e. The van der Waals surface area contributed by atoms with E-state index < -0.39 is 5.97 Å². The minimum Gasteiger partial charge on any atom is -0.505 e. The summed E-state index contributed by atoms with van der Waals surface area (Å²) >= 11 is 0. The van der Waals surface area contributed by atoms with Crippen LogP contribution in [0, 0.1) is 6.92 Å². The van der Waals surface area contributed by atoms with Crippen molar-refractivity contribution in [3.05, 3.63) is 113 Å². The summed E-state index contributed by atoms with van der Waals surface area (Å²) in [7, 11) is 0. The van der Waals surface area contributed by atoms with Crippen molar-refractivity contribution < 1.29 is 20.1 Å². The third kappa shape index (κ3) is 4.73. The lowest BCUT2D eigenvalue weighted by Crippen LogP contribution is -1.95. The van der Waals surface area contributed by atoms with E-state index >= 15 is 0 Å². The number of aliphatic imine (C=N–C) groups is 1. The molecule has 0 saturated carbocycles. The molecular formula is C31H24N2O4. The highest BCUT2D eigenvalue weighted by atomic mass is 16.4. The molecule has 0 saturated heterocycles. The minimum absolute atomic E-state index is 0.0275. The Morgan fingerprint density at radius 1 is 0.865 bits per heavy atom. The first-order chi connectivity index (χ1) is 17.9. The number of aromatic carboxylic acids is 1. The normalized spacial score (nSPS) is 11.6. The quantitative estimate of drug-likeness (QED) is 0.150. The maximum atomic E-state index is 11.4. The van der Waals surface area contributed by atoms with E-state index in [0.29, 0.717) is 22.4 Å². The van der Waals surface area contributed by atoms with Crippen molar-refractivity contribution in [2.75, 3.05) is 0 Å². The highest BCUT2D eigenvalue weighted by Gasteiger charge is 2.14. The lowest BCUT2D eigenvalue weighted by atomic mass is 10.0. The van der Waals surface area contributed by atoms with Gasteiger partial charge in [0.2, 0.25) is 0 Å². The van der Waals surface area contributed by atoms with Crippen molar-refractivity contribution >= 4 is 40.9 Å². The first kappa shape index (κ1) is 23.6. The fourth-order valence-corrected chi connectivity index (χ4v) is 4.33. The van der Waals surface area contributed by atoms with Crippen LogP contribution in [-0.4, -0.2) is 32.5 Å². The van der Waals surface area contributed by atoms with E-state index in [0.717, 1.165) is 27.6 Å². The molecule has 0 aliphatic carbocycles. The van der Waals surface area contributed by atoms with Crippen molar-refractivity contribution in [1.82, 2.24) is 4.98 Å². The van der Waals surface area contributed by atoms with Crippen LogP contribution in [0.4, 0.5) is 5.69 Å². The topological polar surface area (TPSA) is 106 Å². The van der Waals surface area contributed by atoms with Gasteiger partial charge in [-0.3, -0.25) is 4.99 Å². The van der Waals surface area contributed by atoms with E-state index in [-0.39, 0.29) is 17.2 Å². The molecular weight excluding hydrogens is 464 g/mol. The monoisotopic (exact) mass is 488 g/mol. The average Bonchev–Trinajstić information content (AvgIpc) is 3.23. The molecule has 4 aromatic carbocycles. The van der Waals surface area contributed by atoms with Crippen molar-refractivity contribution in [3.8, 4) is 22.8 Å². The molecule has 37 heavy (non-hydrogen) atoms. The molecule has 0 fully saturated rings. The third-order valence-electron chi connectivity index (χ3n) is 6.27. The summed E-state index contributed by atoms with van der Waals surface area (Å²) in [4.78, 5) is 18.8. The van der Waals surface area contributed by atoms with Gasteiger partial charge in [-0.25, -0.2) is 4.79 Å². The summed E-state index contributed by atoms with van der Waals surface area (Å²) in [5, 5.41) is 31.7. The van der Waals surface area contributed by atoms with Crippen molar-refractivity contribution in [1.29, 1.82) is 0 Å². The molecule has 0 radical (unpaired) electrons. The van der Waals surface area contributed by atoms with Crippen LogP contribution in [0.1, 0.15) is 32.6 Å². The molecule has 6 heteroatoms. The largest absolute Gasteiger partial charge is 0.505 e. The van der Waals surface area contributed by atoms with Crippen molar-refractivity contribution in [2.45, 2.75) is 6.92 Å². The predicted octanol–water partition coefficient (Wildman–Crippen LogP) is 7.17. The van der Waals surface area contributed by atoms with E-state index in [1.807, 2.05) is 48.6 Å².